The third-order valence-electron chi connectivity index (χ3n) is 5.65. The number of hydrogen-bond donors (Lipinski definition) is 0. The highest BCUT2D eigenvalue weighted by molar-refractivity contribution is 7.07. The normalized spacial score (nSPS) is 15.2. The minimum atomic E-state index is -0.543. The van der Waals surface area contributed by atoms with Crippen LogP contribution in [0.15, 0.2) is 69.9 Å². The summed E-state index contributed by atoms with van der Waals surface area (Å²) in [6.45, 7) is 1.60. The predicted molar refractivity (Wildman–Crippen MR) is 129 cm³/mol. The molecule has 1 aliphatic heterocycles. The summed E-state index contributed by atoms with van der Waals surface area (Å²) in [4.78, 5) is 36.9. The van der Waals surface area contributed by atoms with Gasteiger partial charge in [0.25, 0.3) is 5.91 Å². The number of benzene rings is 2. The quantitative estimate of drug-likeness (QED) is 0.461. The minimum Gasteiger partial charge on any atom is -0.497 e. The SMILES string of the molecule is COc1ccc(C2CC(c3ccccc3)=NN2C(=O)COC(=O)CCn2c(C)csc2=O)cc1. The maximum absolute atomic E-state index is 13.0. The molecule has 1 amide bonds. The van der Waals surface area contributed by atoms with Gasteiger partial charge in [0.15, 0.2) is 6.61 Å². The molecule has 2 heterocycles. The standard InChI is InChI=1S/C25H25N3O5S/c1-17-16-34-25(31)27(17)13-12-24(30)33-15-23(29)28-22(19-8-10-20(32-2)11-9-19)14-21(26-28)18-6-4-3-5-7-18/h3-11,16,22H,12-15H2,1-2H3. The Morgan fingerprint density at radius 1 is 1.12 bits per heavy atom. The molecule has 9 heteroatoms. The van der Waals surface area contributed by atoms with Gasteiger partial charge in [-0.3, -0.25) is 14.4 Å². The fraction of sp³-hybridized carbons (Fsp3) is 0.280. The molecule has 176 valence electrons. The Balaban J connectivity index is 1.45. The van der Waals surface area contributed by atoms with Gasteiger partial charge in [0.05, 0.1) is 25.3 Å². The van der Waals surface area contributed by atoms with Gasteiger partial charge in [0, 0.05) is 24.0 Å². The molecule has 0 radical (unpaired) electrons. The lowest BCUT2D eigenvalue weighted by molar-refractivity contribution is -0.153. The monoisotopic (exact) mass is 479 g/mol. The van der Waals surface area contributed by atoms with Gasteiger partial charge in [-0.15, -0.1) is 0 Å². The Labute approximate surface area is 201 Å². The van der Waals surface area contributed by atoms with Crippen molar-refractivity contribution in [3.05, 3.63) is 86.5 Å². The van der Waals surface area contributed by atoms with E-state index in [1.165, 1.54) is 9.58 Å². The number of amides is 1. The molecule has 1 aliphatic rings. The second kappa shape index (κ2) is 10.5. The van der Waals surface area contributed by atoms with E-state index in [0.717, 1.165) is 39.6 Å². The Morgan fingerprint density at radius 3 is 2.50 bits per heavy atom. The molecule has 0 fully saturated rings. The van der Waals surface area contributed by atoms with Crippen molar-refractivity contribution in [1.82, 2.24) is 9.58 Å². The number of aromatic nitrogens is 1. The van der Waals surface area contributed by atoms with Gasteiger partial charge in [0.1, 0.15) is 5.75 Å². The van der Waals surface area contributed by atoms with Crippen LogP contribution in [0.4, 0.5) is 0 Å². The van der Waals surface area contributed by atoms with Gasteiger partial charge in [-0.25, -0.2) is 5.01 Å². The Kier molecular flexibility index (Phi) is 7.22. The van der Waals surface area contributed by atoms with Gasteiger partial charge in [-0.05, 0) is 30.2 Å². The van der Waals surface area contributed by atoms with E-state index in [2.05, 4.69) is 5.10 Å². The maximum atomic E-state index is 13.0. The van der Waals surface area contributed by atoms with Crippen molar-refractivity contribution in [2.24, 2.45) is 5.10 Å². The van der Waals surface area contributed by atoms with Crippen LogP contribution in [0.2, 0.25) is 0 Å². The van der Waals surface area contributed by atoms with E-state index in [0.29, 0.717) is 6.42 Å². The molecule has 4 rings (SSSR count). The number of rotatable bonds is 8. The smallest absolute Gasteiger partial charge is 0.308 e. The van der Waals surface area contributed by atoms with Gasteiger partial charge < -0.3 is 14.0 Å². The molecule has 8 nitrogen and oxygen atoms in total. The number of nitrogens with zero attached hydrogens (tertiary/aromatic N) is 3. The van der Waals surface area contributed by atoms with Crippen molar-refractivity contribution < 1.29 is 19.1 Å². The average molecular weight is 480 g/mol. The van der Waals surface area contributed by atoms with E-state index >= 15 is 0 Å². The number of aryl methyl sites for hydroxylation is 1. The zero-order valence-corrected chi connectivity index (χ0v) is 19.8. The molecule has 34 heavy (non-hydrogen) atoms. The maximum Gasteiger partial charge on any atom is 0.308 e. The fourth-order valence-corrected chi connectivity index (χ4v) is 4.55. The lowest BCUT2D eigenvalue weighted by Gasteiger charge is -2.22. The first-order chi connectivity index (χ1) is 16.5. The van der Waals surface area contributed by atoms with Crippen LogP contribution < -0.4 is 9.61 Å². The Morgan fingerprint density at radius 2 is 1.85 bits per heavy atom. The molecule has 2 aromatic carbocycles. The van der Waals surface area contributed by atoms with Crippen molar-refractivity contribution in [2.45, 2.75) is 32.4 Å². The molecule has 1 atom stereocenters. The van der Waals surface area contributed by atoms with Gasteiger partial charge in [-0.1, -0.05) is 53.8 Å². The predicted octanol–water partition coefficient (Wildman–Crippen LogP) is 3.54. The first-order valence-corrected chi connectivity index (χ1v) is 11.7. The average Bonchev–Trinajstić information content (AvgIpc) is 3.45. The number of esters is 1. The van der Waals surface area contributed by atoms with Crippen LogP contribution in [-0.2, 0) is 20.9 Å². The lowest BCUT2D eigenvalue weighted by atomic mass is 9.98. The molecule has 3 aromatic rings. The molecule has 0 bridgehead atoms. The van der Waals surface area contributed by atoms with E-state index in [1.54, 1.807) is 12.5 Å². The van der Waals surface area contributed by atoms with Crippen molar-refractivity contribution in [1.29, 1.82) is 0 Å². The summed E-state index contributed by atoms with van der Waals surface area (Å²) >= 11 is 1.09. The zero-order valence-electron chi connectivity index (χ0n) is 19.0. The van der Waals surface area contributed by atoms with Crippen molar-refractivity contribution >= 4 is 28.9 Å². The second-order valence-electron chi connectivity index (χ2n) is 7.85. The van der Waals surface area contributed by atoms with Crippen LogP contribution in [0.25, 0.3) is 0 Å². The number of thiazole rings is 1. The lowest BCUT2D eigenvalue weighted by Crippen LogP contribution is -2.31. The fourth-order valence-electron chi connectivity index (χ4n) is 3.79. The van der Waals surface area contributed by atoms with Crippen molar-refractivity contribution in [2.75, 3.05) is 13.7 Å². The number of carbonyl (C=O) groups excluding carboxylic acids is 2. The number of carbonyl (C=O) groups is 2. The molecule has 0 spiro atoms. The van der Waals surface area contributed by atoms with Crippen LogP contribution in [0, 0.1) is 6.92 Å². The highest BCUT2D eigenvalue weighted by Crippen LogP contribution is 2.33. The summed E-state index contributed by atoms with van der Waals surface area (Å²) in [6.07, 6.45) is 0.543. The molecular formula is C25H25N3O5S. The molecule has 0 aliphatic carbocycles. The van der Waals surface area contributed by atoms with Crippen LogP contribution in [0.1, 0.15) is 35.7 Å². The number of methoxy groups -OCH3 is 1. The molecule has 0 saturated carbocycles. The molecule has 0 N–H and O–H groups in total. The van der Waals surface area contributed by atoms with E-state index < -0.39 is 18.5 Å². The summed E-state index contributed by atoms with van der Waals surface area (Å²) in [7, 11) is 1.60. The topological polar surface area (TPSA) is 90.2 Å². The van der Waals surface area contributed by atoms with Gasteiger partial charge in [-0.2, -0.15) is 5.10 Å². The van der Waals surface area contributed by atoms with Crippen LogP contribution in [0.3, 0.4) is 0 Å². The van der Waals surface area contributed by atoms with E-state index in [-0.39, 0.29) is 23.9 Å². The molecule has 1 unspecified atom stereocenters. The summed E-state index contributed by atoms with van der Waals surface area (Å²) in [5.41, 5.74) is 3.42. The zero-order chi connectivity index (χ0) is 24.1. The molecule has 1 aromatic heterocycles. The van der Waals surface area contributed by atoms with Crippen LogP contribution in [-0.4, -0.2) is 40.9 Å². The first kappa shape index (κ1) is 23.4. The number of hydrogen-bond acceptors (Lipinski definition) is 7. The van der Waals surface area contributed by atoms with Crippen LogP contribution in [0.5, 0.6) is 5.75 Å². The first-order valence-electron chi connectivity index (χ1n) is 10.9. The van der Waals surface area contributed by atoms with Gasteiger partial charge >= 0.3 is 10.8 Å². The number of hydrazone groups is 1. The Hall–Kier alpha value is -3.72. The number of ether oxygens (including phenoxy) is 2. The summed E-state index contributed by atoms with van der Waals surface area (Å²) in [6, 6.07) is 16.8. The van der Waals surface area contributed by atoms with Crippen molar-refractivity contribution in [3.8, 4) is 5.75 Å². The van der Waals surface area contributed by atoms with Gasteiger partial charge in [0.2, 0.25) is 0 Å². The van der Waals surface area contributed by atoms with E-state index in [1.807, 2.05) is 61.5 Å². The largest absolute Gasteiger partial charge is 0.497 e. The van der Waals surface area contributed by atoms with Crippen LogP contribution >= 0.6 is 11.3 Å². The third-order valence-corrected chi connectivity index (χ3v) is 6.53. The summed E-state index contributed by atoms with van der Waals surface area (Å²) in [5.74, 6) is -0.236. The summed E-state index contributed by atoms with van der Waals surface area (Å²) < 4.78 is 12.0. The minimum absolute atomic E-state index is 0.00516. The van der Waals surface area contributed by atoms with Crippen molar-refractivity contribution in [3.63, 3.8) is 0 Å². The Bertz CT molecular complexity index is 1250. The highest BCUT2D eigenvalue weighted by Gasteiger charge is 2.33. The highest BCUT2D eigenvalue weighted by atomic mass is 32.1. The molecular weight excluding hydrogens is 454 g/mol. The van der Waals surface area contributed by atoms with E-state index in [9.17, 15) is 14.4 Å². The third kappa shape index (κ3) is 5.26. The molecule has 0 saturated heterocycles. The summed E-state index contributed by atoms with van der Waals surface area (Å²) in [5, 5.41) is 7.72. The van der Waals surface area contributed by atoms with E-state index in [4.69, 9.17) is 9.47 Å². The second-order valence-corrected chi connectivity index (χ2v) is 8.67.